The van der Waals surface area contributed by atoms with Gasteiger partial charge in [-0.3, -0.25) is 4.79 Å². The van der Waals surface area contributed by atoms with Gasteiger partial charge < -0.3 is 4.74 Å². The van der Waals surface area contributed by atoms with Crippen molar-refractivity contribution in [3.05, 3.63) is 65.0 Å². The number of ketones is 1. The Kier molecular flexibility index (Phi) is 4.67. The summed E-state index contributed by atoms with van der Waals surface area (Å²) in [5.74, 6) is -1.11. The molecule has 3 rings (SSSR count). The number of Topliss-reactive ketones (excluding diaryl/α,β-unsaturated/α-hetero) is 1. The number of benzene rings is 2. The molecule has 0 atom stereocenters. The van der Waals surface area contributed by atoms with Crippen molar-refractivity contribution in [2.75, 3.05) is 6.61 Å². The molecule has 0 unspecified atom stereocenters. The van der Waals surface area contributed by atoms with Crippen LogP contribution in [0.4, 0.5) is 0 Å². The zero-order valence-electron chi connectivity index (χ0n) is 12.8. The summed E-state index contributed by atoms with van der Waals surface area (Å²) in [7, 11) is -3.87. The highest BCUT2D eigenvalue weighted by Crippen LogP contribution is 2.21. The van der Waals surface area contributed by atoms with Crippen LogP contribution in [0.5, 0.6) is 0 Å². The maximum Gasteiger partial charge on any atom is 0.348 e. The van der Waals surface area contributed by atoms with E-state index in [9.17, 15) is 18.0 Å². The Morgan fingerprint density at radius 1 is 1.00 bits per heavy atom. The molecule has 25 heavy (non-hydrogen) atoms. The fraction of sp³-hybridized carbons (Fsp3) is 0.0588. The Morgan fingerprint density at radius 3 is 2.40 bits per heavy atom. The summed E-state index contributed by atoms with van der Waals surface area (Å²) < 4.78 is 27.2. The minimum atomic E-state index is -3.87. The third kappa shape index (κ3) is 3.93. The lowest BCUT2D eigenvalue weighted by Crippen LogP contribution is -2.13. The maximum atomic E-state index is 12.2. The van der Waals surface area contributed by atoms with E-state index in [1.165, 1.54) is 12.1 Å². The highest BCUT2D eigenvalue weighted by molar-refractivity contribution is 7.91. The molecule has 128 valence electrons. The van der Waals surface area contributed by atoms with E-state index in [2.05, 4.69) is 0 Å². The molecule has 0 saturated carbocycles. The molecule has 2 aromatic carbocycles. The van der Waals surface area contributed by atoms with Gasteiger partial charge in [-0.05, 0) is 29.0 Å². The monoisotopic (exact) mass is 375 g/mol. The van der Waals surface area contributed by atoms with Crippen LogP contribution in [-0.2, 0) is 14.8 Å². The van der Waals surface area contributed by atoms with Crippen molar-refractivity contribution in [1.82, 2.24) is 0 Å². The first-order valence-electron chi connectivity index (χ1n) is 7.16. The number of carbonyl (C=O) groups excluding carboxylic acids is 2. The van der Waals surface area contributed by atoms with E-state index in [1.54, 1.807) is 12.1 Å². The van der Waals surface area contributed by atoms with E-state index < -0.39 is 22.6 Å². The van der Waals surface area contributed by atoms with E-state index in [4.69, 9.17) is 9.88 Å². The van der Waals surface area contributed by atoms with E-state index in [1.807, 2.05) is 30.3 Å². The van der Waals surface area contributed by atoms with Crippen molar-refractivity contribution in [2.24, 2.45) is 5.14 Å². The Bertz CT molecular complexity index is 1070. The van der Waals surface area contributed by atoms with Crippen molar-refractivity contribution >= 4 is 43.9 Å². The predicted molar refractivity (Wildman–Crippen MR) is 94.3 cm³/mol. The molecule has 3 aromatic rings. The van der Waals surface area contributed by atoms with Gasteiger partial charge in [0, 0.05) is 5.56 Å². The quantitative estimate of drug-likeness (QED) is 0.545. The fourth-order valence-electron chi connectivity index (χ4n) is 2.23. The smallest absolute Gasteiger partial charge is 0.348 e. The third-order valence-corrected chi connectivity index (χ3v) is 5.97. The molecule has 6 nitrogen and oxygen atoms in total. The van der Waals surface area contributed by atoms with Gasteiger partial charge in [-0.15, -0.1) is 11.3 Å². The van der Waals surface area contributed by atoms with Crippen LogP contribution in [0.2, 0.25) is 0 Å². The lowest BCUT2D eigenvalue weighted by molar-refractivity contribution is 0.0479. The third-order valence-electron chi connectivity index (χ3n) is 3.47. The Hall–Kier alpha value is -2.55. The molecule has 0 aliphatic rings. The van der Waals surface area contributed by atoms with Gasteiger partial charge in [-0.2, -0.15) is 0 Å². The molecule has 1 aromatic heterocycles. The second kappa shape index (κ2) is 6.75. The molecule has 0 aliphatic heterocycles. The number of ether oxygens (including phenoxy) is 1. The van der Waals surface area contributed by atoms with Gasteiger partial charge in [-0.25, -0.2) is 18.4 Å². The largest absolute Gasteiger partial charge is 0.453 e. The van der Waals surface area contributed by atoms with Crippen LogP contribution in [0.3, 0.4) is 0 Å². The summed E-state index contributed by atoms with van der Waals surface area (Å²) in [6, 6.07) is 15.3. The summed E-state index contributed by atoms with van der Waals surface area (Å²) in [5, 5.41) is 6.91. The van der Waals surface area contributed by atoms with Crippen LogP contribution < -0.4 is 5.14 Å². The minimum absolute atomic E-state index is 0.0651. The Labute approximate surface area is 147 Å². The van der Waals surface area contributed by atoms with Crippen molar-refractivity contribution in [1.29, 1.82) is 0 Å². The number of sulfonamides is 1. The van der Waals surface area contributed by atoms with Crippen molar-refractivity contribution in [3.8, 4) is 0 Å². The lowest BCUT2D eigenvalue weighted by Gasteiger charge is -2.04. The standard InChI is InChI=1S/C17H13NO5S2/c18-25(21,22)16-8-7-15(24-16)17(20)23-10-14(19)13-6-5-11-3-1-2-4-12(11)9-13/h1-9H,10H2,(H2,18,21,22). The van der Waals surface area contributed by atoms with Gasteiger partial charge in [0.1, 0.15) is 9.09 Å². The molecule has 0 saturated heterocycles. The SMILES string of the molecule is NS(=O)(=O)c1ccc(C(=O)OCC(=O)c2ccc3ccccc3c2)s1. The Morgan fingerprint density at radius 2 is 1.72 bits per heavy atom. The van der Waals surface area contributed by atoms with Crippen LogP contribution >= 0.6 is 11.3 Å². The summed E-state index contributed by atoms with van der Waals surface area (Å²) in [6.45, 7) is -0.431. The summed E-state index contributed by atoms with van der Waals surface area (Å²) in [6.07, 6.45) is 0. The lowest BCUT2D eigenvalue weighted by atomic mass is 10.0. The summed E-state index contributed by atoms with van der Waals surface area (Å²) in [5.41, 5.74) is 0.433. The zero-order chi connectivity index (χ0) is 18.0. The molecule has 8 heteroatoms. The fourth-order valence-corrected chi connectivity index (χ4v) is 3.85. The molecule has 1 heterocycles. The average Bonchev–Trinajstić information content (AvgIpc) is 3.09. The highest BCUT2D eigenvalue weighted by Gasteiger charge is 2.18. The van der Waals surface area contributed by atoms with Gasteiger partial charge in [0.05, 0.1) is 0 Å². The van der Waals surface area contributed by atoms with Gasteiger partial charge >= 0.3 is 5.97 Å². The predicted octanol–water partition coefficient (Wildman–Crippen LogP) is 2.59. The summed E-state index contributed by atoms with van der Waals surface area (Å²) >= 11 is 0.698. The molecule has 0 bridgehead atoms. The number of esters is 1. The van der Waals surface area contributed by atoms with Gasteiger partial charge in [0.2, 0.25) is 10.0 Å². The van der Waals surface area contributed by atoms with Gasteiger partial charge in [0.15, 0.2) is 12.4 Å². The number of carbonyl (C=O) groups is 2. The number of rotatable bonds is 5. The zero-order valence-corrected chi connectivity index (χ0v) is 14.5. The van der Waals surface area contributed by atoms with Gasteiger partial charge in [-0.1, -0.05) is 36.4 Å². The number of thiophene rings is 1. The van der Waals surface area contributed by atoms with Crippen LogP contribution in [-0.4, -0.2) is 26.8 Å². The van der Waals surface area contributed by atoms with E-state index in [0.29, 0.717) is 16.9 Å². The topological polar surface area (TPSA) is 104 Å². The van der Waals surface area contributed by atoms with Crippen molar-refractivity contribution < 1.29 is 22.7 Å². The van der Waals surface area contributed by atoms with Gasteiger partial charge in [0.25, 0.3) is 0 Å². The normalized spacial score (nSPS) is 11.4. The molecule has 0 amide bonds. The first kappa shape index (κ1) is 17.3. The average molecular weight is 375 g/mol. The Balaban J connectivity index is 1.68. The molecule has 0 spiro atoms. The first-order chi connectivity index (χ1) is 11.8. The second-order valence-corrected chi connectivity index (χ2v) is 8.10. The molecular formula is C17H13NO5S2. The van der Waals surface area contributed by atoms with E-state index in [-0.39, 0.29) is 14.9 Å². The molecular weight excluding hydrogens is 362 g/mol. The second-order valence-electron chi connectivity index (χ2n) is 5.22. The molecule has 0 fully saturated rings. The van der Waals surface area contributed by atoms with E-state index >= 15 is 0 Å². The number of nitrogens with two attached hydrogens (primary N) is 1. The number of primary sulfonamides is 1. The molecule has 2 N–H and O–H groups in total. The van der Waals surface area contributed by atoms with Crippen molar-refractivity contribution in [2.45, 2.75) is 4.21 Å². The van der Waals surface area contributed by atoms with E-state index in [0.717, 1.165) is 10.8 Å². The summed E-state index contributed by atoms with van der Waals surface area (Å²) in [4.78, 5) is 24.2. The number of hydrogen-bond donors (Lipinski definition) is 1. The van der Waals surface area contributed by atoms with Crippen LogP contribution in [0.1, 0.15) is 20.0 Å². The van der Waals surface area contributed by atoms with Crippen LogP contribution in [0.15, 0.2) is 58.8 Å². The molecule has 0 aliphatic carbocycles. The van der Waals surface area contributed by atoms with Crippen molar-refractivity contribution in [3.63, 3.8) is 0 Å². The highest BCUT2D eigenvalue weighted by atomic mass is 32.2. The number of fused-ring (bicyclic) bond motifs is 1. The maximum absolute atomic E-state index is 12.2. The number of hydrogen-bond acceptors (Lipinski definition) is 6. The van der Waals surface area contributed by atoms with Crippen LogP contribution in [0, 0.1) is 0 Å². The first-order valence-corrected chi connectivity index (χ1v) is 9.52. The van der Waals surface area contributed by atoms with Crippen LogP contribution in [0.25, 0.3) is 10.8 Å². The minimum Gasteiger partial charge on any atom is -0.453 e. The molecule has 0 radical (unpaired) electrons.